The second-order valence-electron chi connectivity index (χ2n) is 4.29. The molecule has 0 atom stereocenters. The third kappa shape index (κ3) is 6.60. The van der Waals surface area contributed by atoms with Crippen molar-refractivity contribution >= 4 is 9.84 Å². The Balaban J connectivity index is 2.38. The number of nitriles is 1. The van der Waals surface area contributed by atoms with Crippen LogP contribution in [0.4, 0.5) is 13.2 Å². The molecule has 0 amide bonds. The summed E-state index contributed by atoms with van der Waals surface area (Å²) >= 11 is 0. The average Bonchev–Trinajstić information content (AvgIpc) is 2.41. The molecule has 1 aromatic rings. The molecule has 21 heavy (non-hydrogen) atoms. The Morgan fingerprint density at radius 1 is 1.14 bits per heavy atom. The highest BCUT2D eigenvalue weighted by molar-refractivity contribution is 7.91. The number of halogens is 3. The Morgan fingerprint density at radius 2 is 1.76 bits per heavy atom. The van der Waals surface area contributed by atoms with Gasteiger partial charge in [-0.1, -0.05) is 0 Å². The van der Waals surface area contributed by atoms with Crippen molar-refractivity contribution in [2.45, 2.75) is 23.9 Å². The van der Waals surface area contributed by atoms with Crippen LogP contribution in [0.5, 0.6) is 0 Å². The Kier molecular flexibility index (Phi) is 6.18. The van der Waals surface area contributed by atoms with Crippen molar-refractivity contribution in [2.24, 2.45) is 0 Å². The van der Waals surface area contributed by atoms with Gasteiger partial charge in [0.1, 0.15) is 0 Å². The van der Waals surface area contributed by atoms with Gasteiger partial charge in [0.05, 0.1) is 28.9 Å². The molecule has 0 bridgehead atoms. The molecule has 0 heterocycles. The van der Waals surface area contributed by atoms with Gasteiger partial charge in [0.2, 0.25) is 0 Å². The van der Waals surface area contributed by atoms with Crippen molar-refractivity contribution in [3.63, 3.8) is 0 Å². The SMILES string of the molecule is N#Cc1ccc(S(=O)(=O)CCOCCCC(F)(F)F)cc1. The molecule has 0 saturated heterocycles. The first-order chi connectivity index (χ1) is 9.74. The number of hydrogen-bond acceptors (Lipinski definition) is 4. The maximum atomic E-state index is 11.9. The normalized spacial score (nSPS) is 12.1. The van der Waals surface area contributed by atoms with Crippen LogP contribution in [0, 0.1) is 11.3 Å². The summed E-state index contributed by atoms with van der Waals surface area (Å²) in [5.74, 6) is -0.315. The van der Waals surface area contributed by atoms with Crippen molar-refractivity contribution in [1.82, 2.24) is 0 Å². The summed E-state index contributed by atoms with van der Waals surface area (Å²) in [4.78, 5) is 0.0559. The molecule has 0 radical (unpaired) electrons. The van der Waals surface area contributed by atoms with Crippen LogP contribution in [0.1, 0.15) is 18.4 Å². The molecular formula is C13H14F3NO3S. The van der Waals surface area contributed by atoms with Crippen molar-refractivity contribution < 1.29 is 26.3 Å². The second kappa shape index (κ2) is 7.43. The minimum atomic E-state index is -4.22. The van der Waals surface area contributed by atoms with Crippen LogP contribution in [0.15, 0.2) is 29.2 Å². The van der Waals surface area contributed by atoms with E-state index in [-0.39, 0.29) is 30.3 Å². The minimum Gasteiger partial charge on any atom is -0.380 e. The molecule has 1 aromatic carbocycles. The highest BCUT2D eigenvalue weighted by Gasteiger charge is 2.26. The molecule has 0 unspecified atom stereocenters. The molecule has 1 rings (SSSR count). The Bertz CT molecular complexity index is 589. The monoisotopic (exact) mass is 321 g/mol. The van der Waals surface area contributed by atoms with Gasteiger partial charge in [0.15, 0.2) is 9.84 Å². The first kappa shape index (κ1) is 17.5. The second-order valence-corrected chi connectivity index (χ2v) is 6.40. The molecule has 4 nitrogen and oxygen atoms in total. The van der Waals surface area contributed by atoms with Crippen LogP contribution in [0.2, 0.25) is 0 Å². The number of sulfone groups is 1. The van der Waals surface area contributed by atoms with Gasteiger partial charge >= 0.3 is 6.18 Å². The van der Waals surface area contributed by atoms with E-state index in [0.717, 1.165) is 0 Å². The van der Waals surface area contributed by atoms with Gasteiger partial charge < -0.3 is 4.74 Å². The number of nitrogens with zero attached hydrogens (tertiary/aromatic N) is 1. The summed E-state index contributed by atoms with van der Waals surface area (Å²) in [6, 6.07) is 7.28. The third-order valence-electron chi connectivity index (χ3n) is 2.59. The summed E-state index contributed by atoms with van der Waals surface area (Å²) in [6.07, 6.45) is -5.37. The summed E-state index contributed by atoms with van der Waals surface area (Å²) in [5.41, 5.74) is 0.345. The maximum absolute atomic E-state index is 11.9. The van der Waals surface area contributed by atoms with E-state index in [4.69, 9.17) is 10.00 Å². The third-order valence-corrected chi connectivity index (χ3v) is 4.28. The van der Waals surface area contributed by atoms with E-state index in [1.54, 1.807) is 0 Å². The number of hydrogen-bond donors (Lipinski definition) is 0. The molecule has 0 N–H and O–H groups in total. The quantitative estimate of drug-likeness (QED) is 0.724. The molecule has 0 aliphatic heterocycles. The molecular weight excluding hydrogens is 307 g/mol. The van der Waals surface area contributed by atoms with E-state index in [1.807, 2.05) is 6.07 Å². The molecule has 0 aliphatic carbocycles. The van der Waals surface area contributed by atoms with E-state index >= 15 is 0 Å². The van der Waals surface area contributed by atoms with Gasteiger partial charge in [-0.15, -0.1) is 0 Å². The van der Waals surface area contributed by atoms with E-state index in [2.05, 4.69) is 0 Å². The zero-order chi connectivity index (χ0) is 15.9. The molecule has 0 fully saturated rings. The maximum Gasteiger partial charge on any atom is 0.389 e. The highest BCUT2D eigenvalue weighted by Crippen LogP contribution is 2.21. The number of rotatable bonds is 7. The van der Waals surface area contributed by atoms with Gasteiger partial charge in [-0.2, -0.15) is 18.4 Å². The van der Waals surface area contributed by atoms with Crippen molar-refractivity contribution in [2.75, 3.05) is 19.0 Å². The fourth-order valence-corrected chi connectivity index (χ4v) is 2.62. The van der Waals surface area contributed by atoms with Gasteiger partial charge in [-0.25, -0.2) is 8.42 Å². The lowest BCUT2D eigenvalue weighted by Crippen LogP contribution is -2.14. The van der Waals surface area contributed by atoms with E-state index in [9.17, 15) is 21.6 Å². The highest BCUT2D eigenvalue weighted by atomic mass is 32.2. The van der Waals surface area contributed by atoms with E-state index < -0.39 is 22.4 Å². The Hall–Kier alpha value is -1.59. The predicted octanol–water partition coefficient (Wildman–Crippen LogP) is 2.69. The van der Waals surface area contributed by atoms with Gasteiger partial charge in [-0.05, 0) is 30.7 Å². The fraction of sp³-hybridized carbons (Fsp3) is 0.462. The Labute approximate surface area is 121 Å². The van der Waals surface area contributed by atoms with Gasteiger partial charge in [0, 0.05) is 13.0 Å². The fourth-order valence-electron chi connectivity index (χ4n) is 1.50. The smallest absolute Gasteiger partial charge is 0.380 e. The Morgan fingerprint density at radius 3 is 2.29 bits per heavy atom. The number of alkyl halides is 3. The van der Waals surface area contributed by atoms with E-state index in [0.29, 0.717) is 5.56 Å². The summed E-state index contributed by atoms with van der Waals surface area (Å²) in [5, 5.41) is 8.61. The van der Waals surface area contributed by atoms with Crippen LogP contribution >= 0.6 is 0 Å². The van der Waals surface area contributed by atoms with Crippen molar-refractivity contribution in [3.8, 4) is 6.07 Å². The predicted molar refractivity (Wildman–Crippen MR) is 69.3 cm³/mol. The van der Waals surface area contributed by atoms with Crippen LogP contribution in [0.25, 0.3) is 0 Å². The van der Waals surface area contributed by atoms with E-state index in [1.165, 1.54) is 24.3 Å². The van der Waals surface area contributed by atoms with Crippen molar-refractivity contribution in [1.29, 1.82) is 5.26 Å². The van der Waals surface area contributed by atoms with Gasteiger partial charge in [-0.3, -0.25) is 0 Å². The van der Waals surface area contributed by atoms with Crippen LogP contribution in [0.3, 0.4) is 0 Å². The van der Waals surface area contributed by atoms with Crippen LogP contribution < -0.4 is 0 Å². The standard InChI is InChI=1S/C13H14F3NO3S/c14-13(15,16)6-1-7-20-8-9-21(18,19)12-4-2-11(10-17)3-5-12/h2-5H,1,6-9H2. The summed E-state index contributed by atoms with van der Waals surface area (Å²) in [7, 11) is -3.56. The molecule has 0 aromatic heterocycles. The first-order valence-electron chi connectivity index (χ1n) is 6.12. The zero-order valence-corrected chi connectivity index (χ0v) is 11.9. The van der Waals surface area contributed by atoms with Crippen LogP contribution in [-0.2, 0) is 14.6 Å². The largest absolute Gasteiger partial charge is 0.389 e. The molecule has 0 spiro atoms. The molecule has 0 aliphatic rings. The number of ether oxygens (including phenoxy) is 1. The minimum absolute atomic E-state index is 0.0559. The lowest BCUT2D eigenvalue weighted by Gasteiger charge is -2.07. The lowest BCUT2D eigenvalue weighted by molar-refractivity contribution is -0.137. The molecule has 0 saturated carbocycles. The number of benzene rings is 1. The summed E-state index contributed by atoms with van der Waals surface area (Å²) < 4.78 is 64.3. The lowest BCUT2D eigenvalue weighted by atomic mass is 10.2. The average molecular weight is 321 g/mol. The molecule has 8 heteroatoms. The first-order valence-corrected chi connectivity index (χ1v) is 7.77. The topological polar surface area (TPSA) is 67.2 Å². The van der Waals surface area contributed by atoms with Gasteiger partial charge in [0.25, 0.3) is 0 Å². The zero-order valence-electron chi connectivity index (χ0n) is 11.1. The molecule has 116 valence electrons. The van der Waals surface area contributed by atoms with Crippen molar-refractivity contribution in [3.05, 3.63) is 29.8 Å². The summed E-state index contributed by atoms with van der Waals surface area (Å²) in [6.45, 7) is -0.303. The van der Waals surface area contributed by atoms with Crippen LogP contribution in [-0.4, -0.2) is 33.6 Å².